The minimum absolute atomic E-state index is 0.0984. The van der Waals surface area contributed by atoms with Gasteiger partial charge in [0.25, 0.3) is 0 Å². The van der Waals surface area contributed by atoms with Crippen LogP contribution < -0.4 is 10.6 Å². The molecular formula is C13H21N3O. The summed E-state index contributed by atoms with van der Waals surface area (Å²) < 4.78 is 5.34. The second-order valence-corrected chi connectivity index (χ2v) is 4.46. The molecule has 2 heterocycles. The lowest BCUT2D eigenvalue weighted by molar-refractivity contribution is 0.122. The van der Waals surface area contributed by atoms with Crippen LogP contribution in [0.2, 0.25) is 0 Å². The van der Waals surface area contributed by atoms with Crippen molar-refractivity contribution in [2.24, 2.45) is 5.73 Å². The van der Waals surface area contributed by atoms with Crippen LogP contribution in [0, 0.1) is 6.92 Å². The average molecular weight is 235 g/mol. The first-order valence-electron chi connectivity index (χ1n) is 6.28. The van der Waals surface area contributed by atoms with E-state index in [-0.39, 0.29) is 6.04 Å². The molecule has 2 N–H and O–H groups in total. The van der Waals surface area contributed by atoms with E-state index in [1.54, 1.807) is 0 Å². The maximum atomic E-state index is 6.05. The van der Waals surface area contributed by atoms with Gasteiger partial charge in [-0.15, -0.1) is 0 Å². The molecule has 1 saturated heterocycles. The van der Waals surface area contributed by atoms with E-state index in [4.69, 9.17) is 10.5 Å². The van der Waals surface area contributed by atoms with Crippen LogP contribution in [0.15, 0.2) is 12.1 Å². The van der Waals surface area contributed by atoms with Gasteiger partial charge in [0.1, 0.15) is 5.82 Å². The summed E-state index contributed by atoms with van der Waals surface area (Å²) in [5, 5.41) is 0. The molecule has 0 aliphatic carbocycles. The Morgan fingerprint density at radius 3 is 2.71 bits per heavy atom. The monoisotopic (exact) mass is 235 g/mol. The molecule has 1 aromatic heterocycles. The number of nitrogens with zero attached hydrogens (tertiary/aromatic N) is 2. The van der Waals surface area contributed by atoms with Crippen molar-refractivity contribution < 1.29 is 4.74 Å². The lowest BCUT2D eigenvalue weighted by Crippen LogP contribution is -2.36. The first-order chi connectivity index (χ1) is 8.22. The fraction of sp³-hybridized carbons (Fsp3) is 0.615. The van der Waals surface area contributed by atoms with Crippen molar-refractivity contribution in [3.05, 3.63) is 23.4 Å². The Labute approximate surface area is 103 Å². The average Bonchev–Trinajstić information content (AvgIpc) is 2.39. The molecule has 0 saturated carbocycles. The minimum atomic E-state index is 0.0984. The summed E-state index contributed by atoms with van der Waals surface area (Å²) in [6.45, 7) is 7.56. The van der Waals surface area contributed by atoms with Crippen molar-refractivity contribution in [3.8, 4) is 0 Å². The first-order valence-corrected chi connectivity index (χ1v) is 6.28. The summed E-state index contributed by atoms with van der Waals surface area (Å²) in [4.78, 5) is 6.92. The van der Waals surface area contributed by atoms with Gasteiger partial charge in [-0.2, -0.15) is 0 Å². The largest absolute Gasteiger partial charge is 0.378 e. The summed E-state index contributed by atoms with van der Waals surface area (Å²) in [7, 11) is 0. The molecular weight excluding hydrogens is 214 g/mol. The van der Waals surface area contributed by atoms with Crippen molar-refractivity contribution in [2.45, 2.75) is 26.3 Å². The van der Waals surface area contributed by atoms with E-state index < -0.39 is 0 Å². The summed E-state index contributed by atoms with van der Waals surface area (Å²) in [5.74, 6) is 1.04. The summed E-state index contributed by atoms with van der Waals surface area (Å²) in [6.07, 6.45) is 0.944. The van der Waals surface area contributed by atoms with E-state index >= 15 is 0 Å². The lowest BCUT2D eigenvalue weighted by Gasteiger charge is -2.28. The smallest absolute Gasteiger partial charge is 0.128 e. The van der Waals surface area contributed by atoms with E-state index in [1.165, 1.54) is 0 Å². The third-order valence-corrected chi connectivity index (χ3v) is 3.29. The summed E-state index contributed by atoms with van der Waals surface area (Å²) in [5.41, 5.74) is 8.25. The molecule has 1 aliphatic heterocycles. The normalized spacial score (nSPS) is 18.2. The van der Waals surface area contributed by atoms with Crippen molar-refractivity contribution in [3.63, 3.8) is 0 Å². The second-order valence-electron chi connectivity index (χ2n) is 4.46. The van der Waals surface area contributed by atoms with Crippen molar-refractivity contribution in [1.29, 1.82) is 0 Å². The molecule has 1 fully saturated rings. The highest BCUT2D eigenvalue weighted by Crippen LogP contribution is 2.21. The number of aromatic nitrogens is 1. The van der Waals surface area contributed by atoms with E-state index in [0.29, 0.717) is 0 Å². The predicted molar refractivity (Wildman–Crippen MR) is 69.2 cm³/mol. The van der Waals surface area contributed by atoms with Gasteiger partial charge in [0.05, 0.1) is 13.2 Å². The lowest BCUT2D eigenvalue weighted by atomic mass is 10.0. The van der Waals surface area contributed by atoms with Gasteiger partial charge in [0.15, 0.2) is 0 Å². The standard InChI is InChI=1S/C13H21N3O/c1-3-12(14)11-4-5-13(15-10(11)2)16-6-8-17-9-7-16/h4-5,12H,3,6-9,14H2,1-2H3/t12-/m1/s1. The van der Waals surface area contributed by atoms with Gasteiger partial charge in [-0.05, 0) is 25.0 Å². The highest BCUT2D eigenvalue weighted by molar-refractivity contribution is 5.42. The minimum Gasteiger partial charge on any atom is -0.378 e. The van der Waals surface area contributed by atoms with Crippen molar-refractivity contribution in [1.82, 2.24) is 4.98 Å². The zero-order valence-electron chi connectivity index (χ0n) is 10.6. The van der Waals surface area contributed by atoms with E-state index in [9.17, 15) is 0 Å². The number of ether oxygens (including phenoxy) is 1. The second kappa shape index (κ2) is 5.47. The van der Waals surface area contributed by atoms with Crippen molar-refractivity contribution in [2.75, 3.05) is 31.2 Å². The number of nitrogens with two attached hydrogens (primary N) is 1. The Kier molecular flexibility index (Phi) is 3.97. The van der Waals surface area contributed by atoms with E-state index in [0.717, 1.165) is 49.8 Å². The predicted octanol–water partition coefficient (Wildman–Crippen LogP) is 1.64. The summed E-state index contributed by atoms with van der Waals surface area (Å²) in [6, 6.07) is 4.28. The van der Waals surface area contributed by atoms with Gasteiger partial charge < -0.3 is 15.4 Å². The van der Waals surface area contributed by atoms with Gasteiger partial charge in [-0.25, -0.2) is 4.98 Å². The molecule has 4 nitrogen and oxygen atoms in total. The van der Waals surface area contributed by atoms with Gasteiger partial charge in [-0.1, -0.05) is 13.0 Å². The molecule has 1 aromatic rings. The van der Waals surface area contributed by atoms with Crippen LogP contribution >= 0.6 is 0 Å². The molecule has 0 aromatic carbocycles. The van der Waals surface area contributed by atoms with E-state index in [2.05, 4.69) is 28.9 Å². The third kappa shape index (κ3) is 2.76. The number of aryl methyl sites for hydroxylation is 1. The Balaban J connectivity index is 2.17. The molecule has 0 spiro atoms. The molecule has 1 aliphatic rings. The zero-order valence-corrected chi connectivity index (χ0v) is 10.6. The maximum absolute atomic E-state index is 6.05. The maximum Gasteiger partial charge on any atom is 0.128 e. The van der Waals surface area contributed by atoms with Gasteiger partial charge in [0.2, 0.25) is 0 Å². The molecule has 17 heavy (non-hydrogen) atoms. The fourth-order valence-corrected chi connectivity index (χ4v) is 2.14. The Bertz CT molecular complexity index is 375. The molecule has 0 radical (unpaired) electrons. The zero-order chi connectivity index (χ0) is 12.3. The number of hydrogen-bond donors (Lipinski definition) is 1. The van der Waals surface area contributed by atoms with E-state index in [1.807, 2.05) is 6.92 Å². The number of anilines is 1. The van der Waals surface area contributed by atoms with Crippen LogP contribution in [0.25, 0.3) is 0 Å². The van der Waals surface area contributed by atoms with Gasteiger partial charge >= 0.3 is 0 Å². The molecule has 1 atom stereocenters. The molecule has 2 rings (SSSR count). The number of pyridine rings is 1. The van der Waals surface area contributed by atoms with Crippen LogP contribution in [0.5, 0.6) is 0 Å². The highest BCUT2D eigenvalue weighted by Gasteiger charge is 2.14. The summed E-state index contributed by atoms with van der Waals surface area (Å²) >= 11 is 0. The molecule has 0 unspecified atom stereocenters. The van der Waals surface area contributed by atoms with Gasteiger partial charge in [0, 0.05) is 24.8 Å². The van der Waals surface area contributed by atoms with Crippen LogP contribution in [-0.4, -0.2) is 31.3 Å². The van der Waals surface area contributed by atoms with Crippen LogP contribution in [-0.2, 0) is 4.74 Å². The Morgan fingerprint density at radius 2 is 2.12 bits per heavy atom. The van der Waals surface area contributed by atoms with Crippen LogP contribution in [0.1, 0.15) is 30.6 Å². The van der Waals surface area contributed by atoms with Gasteiger partial charge in [-0.3, -0.25) is 0 Å². The Hall–Kier alpha value is -1.13. The SMILES string of the molecule is CC[C@@H](N)c1ccc(N2CCOCC2)nc1C. The first kappa shape index (κ1) is 12.3. The van der Waals surface area contributed by atoms with Crippen LogP contribution in [0.4, 0.5) is 5.82 Å². The topological polar surface area (TPSA) is 51.4 Å². The quantitative estimate of drug-likeness (QED) is 0.865. The molecule has 0 amide bonds. The number of morpholine rings is 1. The molecule has 4 heteroatoms. The number of rotatable bonds is 3. The Morgan fingerprint density at radius 1 is 1.41 bits per heavy atom. The molecule has 0 bridgehead atoms. The highest BCUT2D eigenvalue weighted by atomic mass is 16.5. The fourth-order valence-electron chi connectivity index (χ4n) is 2.14. The molecule has 94 valence electrons. The third-order valence-electron chi connectivity index (χ3n) is 3.29. The van der Waals surface area contributed by atoms with Crippen LogP contribution in [0.3, 0.4) is 0 Å². The number of hydrogen-bond acceptors (Lipinski definition) is 4. The van der Waals surface area contributed by atoms with Crippen molar-refractivity contribution >= 4 is 5.82 Å².